The summed E-state index contributed by atoms with van der Waals surface area (Å²) >= 11 is 4.09. The first kappa shape index (κ1) is 9.19. The quantitative estimate of drug-likeness (QED) is 0.656. The van der Waals surface area contributed by atoms with Crippen molar-refractivity contribution < 1.29 is 4.79 Å². The van der Waals surface area contributed by atoms with Gasteiger partial charge < -0.3 is 5.73 Å². The zero-order valence-corrected chi connectivity index (χ0v) is 8.59. The van der Waals surface area contributed by atoms with Gasteiger partial charge in [0, 0.05) is 6.54 Å². The number of nitrogens with two attached hydrogens (primary N) is 1. The minimum atomic E-state index is -0.423. The maximum absolute atomic E-state index is 10.8. The van der Waals surface area contributed by atoms with Crippen LogP contribution in [-0.4, -0.2) is 16.9 Å². The molecule has 0 heterocycles. The fourth-order valence-corrected chi connectivity index (χ4v) is 3.23. The third-order valence-electron chi connectivity index (χ3n) is 3.63. The third-order valence-corrected chi connectivity index (χ3v) is 3.97. The molecular weight excluding hydrogens is 184 g/mol. The average Bonchev–Trinajstić information content (AvgIpc) is 2.62. The molecule has 4 heteroatoms. The van der Waals surface area contributed by atoms with Crippen molar-refractivity contribution in [2.75, 3.05) is 6.54 Å². The monoisotopic (exact) mass is 200 g/mol. The molecule has 0 radical (unpaired) electrons. The Balaban J connectivity index is 1.97. The number of nitrogens with zero attached hydrogens (tertiary/aromatic N) is 1. The molecule has 13 heavy (non-hydrogen) atoms. The van der Waals surface area contributed by atoms with Crippen LogP contribution >= 0.6 is 12.8 Å². The van der Waals surface area contributed by atoms with Gasteiger partial charge in [-0.2, -0.15) is 0 Å². The van der Waals surface area contributed by atoms with Crippen LogP contribution in [0.25, 0.3) is 0 Å². The largest absolute Gasteiger partial charge is 0.351 e. The van der Waals surface area contributed by atoms with Gasteiger partial charge in [0.2, 0.25) is 0 Å². The molecule has 2 saturated carbocycles. The lowest BCUT2D eigenvalue weighted by molar-refractivity contribution is 0.206. The Morgan fingerprint density at radius 3 is 2.54 bits per heavy atom. The van der Waals surface area contributed by atoms with E-state index >= 15 is 0 Å². The number of hydrogen-bond donors (Lipinski definition) is 2. The van der Waals surface area contributed by atoms with Crippen molar-refractivity contribution in [2.45, 2.75) is 32.1 Å². The smallest absolute Gasteiger partial charge is 0.324 e. The number of urea groups is 1. The molecular formula is C9H16N2OS. The van der Waals surface area contributed by atoms with Gasteiger partial charge in [-0.05, 0) is 43.4 Å². The maximum Gasteiger partial charge on any atom is 0.324 e. The number of thiol groups is 1. The van der Waals surface area contributed by atoms with Crippen molar-refractivity contribution in [1.29, 1.82) is 0 Å². The highest BCUT2D eigenvalue weighted by Gasteiger charge is 2.45. The number of rotatable bonds is 2. The standard InChI is InChI=1S/C9H16N2OS/c10-8(12)11(13)6-9-3-1-7(5-9)2-4-9/h7,13H,1-6H2,(H2,10,12). The normalized spacial score (nSPS) is 36.5. The van der Waals surface area contributed by atoms with E-state index in [1.165, 1.54) is 36.4 Å². The highest BCUT2D eigenvalue weighted by Crippen LogP contribution is 2.54. The van der Waals surface area contributed by atoms with Crippen LogP contribution < -0.4 is 5.73 Å². The summed E-state index contributed by atoms with van der Waals surface area (Å²) in [5.41, 5.74) is 5.51. The Bertz CT molecular complexity index is 224. The van der Waals surface area contributed by atoms with E-state index in [2.05, 4.69) is 12.8 Å². The highest BCUT2D eigenvalue weighted by atomic mass is 32.1. The minimum absolute atomic E-state index is 0.363. The molecule has 2 N–H and O–H groups in total. The van der Waals surface area contributed by atoms with Gasteiger partial charge in [-0.3, -0.25) is 4.31 Å². The van der Waals surface area contributed by atoms with Gasteiger partial charge in [0.15, 0.2) is 0 Å². The van der Waals surface area contributed by atoms with Crippen LogP contribution in [0.4, 0.5) is 4.79 Å². The topological polar surface area (TPSA) is 46.3 Å². The molecule has 2 amide bonds. The molecule has 0 aromatic carbocycles. The van der Waals surface area contributed by atoms with Crippen molar-refractivity contribution in [3.05, 3.63) is 0 Å². The van der Waals surface area contributed by atoms with Gasteiger partial charge >= 0.3 is 6.03 Å². The van der Waals surface area contributed by atoms with Gasteiger partial charge in [-0.25, -0.2) is 4.79 Å². The van der Waals surface area contributed by atoms with Gasteiger partial charge in [-0.1, -0.05) is 12.8 Å². The molecule has 0 spiro atoms. The second-order valence-corrected chi connectivity index (χ2v) is 5.03. The number of amides is 2. The Hall–Kier alpha value is -0.380. The lowest BCUT2D eigenvalue weighted by atomic mass is 9.84. The maximum atomic E-state index is 10.8. The Morgan fingerprint density at radius 2 is 2.15 bits per heavy atom. The Kier molecular flexibility index (Phi) is 2.18. The molecule has 74 valence electrons. The second-order valence-electron chi connectivity index (χ2n) is 4.54. The summed E-state index contributed by atoms with van der Waals surface area (Å²) < 4.78 is 1.37. The minimum Gasteiger partial charge on any atom is -0.351 e. The summed E-state index contributed by atoms with van der Waals surface area (Å²) in [6.07, 6.45) is 6.45. The first-order valence-corrected chi connectivity index (χ1v) is 5.27. The molecule has 0 aromatic rings. The van der Waals surface area contributed by atoms with Crippen LogP contribution in [0.5, 0.6) is 0 Å². The number of hydrogen-bond acceptors (Lipinski definition) is 2. The van der Waals surface area contributed by atoms with Crippen LogP contribution in [0.15, 0.2) is 0 Å². The number of fused-ring (bicyclic) bond motifs is 2. The molecule has 0 atom stereocenters. The fourth-order valence-electron chi connectivity index (χ4n) is 2.93. The van der Waals surface area contributed by atoms with Gasteiger partial charge in [0.25, 0.3) is 0 Å². The lowest BCUT2D eigenvalue weighted by Crippen LogP contribution is -2.36. The van der Waals surface area contributed by atoms with Crippen LogP contribution in [0.2, 0.25) is 0 Å². The van der Waals surface area contributed by atoms with Crippen LogP contribution in [0.1, 0.15) is 32.1 Å². The molecule has 0 aliphatic heterocycles. The predicted molar refractivity (Wildman–Crippen MR) is 54.3 cm³/mol. The molecule has 2 fully saturated rings. The Morgan fingerprint density at radius 1 is 1.54 bits per heavy atom. The van der Waals surface area contributed by atoms with Crippen molar-refractivity contribution in [2.24, 2.45) is 17.1 Å². The Labute approximate surface area is 84.2 Å². The van der Waals surface area contributed by atoms with E-state index in [-0.39, 0.29) is 0 Å². The number of primary amides is 1. The molecule has 2 bridgehead atoms. The second kappa shape index (κ2) is 3.08. The zero-order chi connectivity index (χ0) is 9.47. The lowest BCUT2D eigenvalue weighted by Gasteiger charge is -2.29. The predicted octanol–water partition coefficient (Wildman–Crippen LogP) is 1.79. The van der Waals surface area contributed by atoms with Crippen LogP contribution in [-0.2, 0) is 0 Å². The molecule has 0 aromatic heterocycles. The average molecular weight is 200 g/mol. The van der Waals surface area contributed by atoms with Gasteiger partial charge in [-0.15, -0.1) is 0 Å². The van der Waals surface area contributed by atoms with Crippen molar-refractivity contribution in [3.63, 3.8) is 0 Å². The molecule has 2 aliphatic rings. The van der Waals surface area contributed by atoms with Crippen LogP contribution in [0, 0.1) is 11.3 Å². The molecule has 0 saturated heterocycles. The van der Waals surface area contributed by atoms with E-state index in [9.17, 15) is 4.79 Å². The molecule has 0 unspecified atom stereocenters. The van der Waals surface area contributed by atoms with E-state index in [0.29, 0.717) is 5.41 Å². The van der Waals surface area contributed by atoms with Crippen molar-refractivity contribution in [1.82, 2.24) is 4.31 Å². The summed E-state index contributed by atoms with van der Waals surface area (Å²) in [6, 6.07) is -0.423. The first-order chi connectivity index (χ1) is 6.11. The van der Waals surface area contributed by atoms with E-state index in [1.54, 1.807) is 0 Å². The third kappa shape index (κ3) is 1.64. The summed E-state index contributed by atoms with van der Waals surface area (Å²) in [5, 5.41) is 0. The SMILES string of the molecule is NC(=O)N(S)CC12CCC(CC1)C2. The summed E-state index contributed by atoms with van der Waals surface area (Å²) in [4.78, 5) is 10.8. The van der Waals surface area contributed by atoms with E-state index in [4.69, 9.17) is 5.73 Å². The fraction of sp³-hybridized carbons (Fsp3) is 0.889. The van der Waals surface area contributed by atoms with Crippen molar-refractivity contribution in [3.8, 4) is 0 Å². The summed E-state index contributed by atoms with van der Waals surface area (Å²) in [5.74, 6) is 0.912. The van der Waals surface area contributed by atoms with E-state index in [0.717, 1.165) is 12.5 Å². The summed E-state index contributed by atoms with van der Waals surface area (Å²) in [6.45, 7) is 0.738. The number of carbonyl (C=O) groups is 1. The highest BCUT2D eigenvalue weighted by molar-refractivity contribution is 7.78. The molecule has 3 nitrogen and oxygen atoms in total. The van der Waals surface area contributed by atoms with Crippen molar-refractivity contribution >= 4 is 18.8 Å². The van der Waals surface area contributed by atoms with E-state index in [1.807, 2.05) is 0 Å². The first-order valence-electron chi connectivity index (χ1n) is 4.87. The number of carbonyl (C=O) groups excluding carboxylic acids is 1. The van der Waals surface area contributed by atoms with Crippen LogP contribution in [0.3, 0.4) is 0 Å². The zero-order valence-electron chi connectivity index (χ0n) is 7.70. The van der Waals surface area contributed by atoms with Gasteiger partial charge in [0.05, 0.1) is 0 Å². The summed E-state index contributed by atoms with van der Waals surface area (Å²) in [7, 11) is 0. The molecule has 2 aliphatic carbocycles. The molecule has 2 rings (SSSR count). The van der Waals surface area contributed by atoms with E-state index < -0.39 is 6.03 Å². The van der Waals surface area contributed by atoms with Gasteiger partial charge in [0.1, 0.15) is 0 Å².